The van der Waals surface area contributed by atoms with Crippen LogP contribution in [0.1, 0.15) is 12.0 Å². The third-order valence-electron chi connectivity index (χ3n) is 5.39. The first kappa shape index (κ1) is 19.4. The second-order valence-electron chi connectivity index (χ2n) is 7.48. The van der Waals surface area contributed by atoms with E-state index in [9.17, 15) is 13.2 Å². The van der Waals surface area contributed by atoms with Crippen molar-refractivity contribution in [3.63, 3.8) is 0 Å². The number of aryl methyl sites for hydroxylation is 1. The fraction of sp³-hybridized carbons (Fsp3) is 0.333. The highest BCUT2D eigenvalue weighted by Crippen LogP contribution is 2.43. The van der Waals surface area contributed by atoms with Crippen LogP contribution in [0, 0.1) is 0 Å². The van der Waals surface area contributed by atoms with Crippen LogP contribution >= 0.6 is 11.8 Å². The molecule has 2 aromatic rings. The number of rotatable bonds is 4. The molecule has 7 nitrogen and oxygen atoms in total. The van der Waals surface area contributed by atoms with Gasteiger partial charge in [-0.3, -0.25) is 4.79 Å². The summed E-state index contributed by atoms with van der Waals surface area (Å²) in [6.07, 6.45) is 0.920. The molecule has 0 radical (unpaired) electrons. The van der Waals surface area contributed by atoms with Gasteiger partial charge in [-0.1, -0.05) is 42.1 Å². The summed E-state index contributed by atoms with van der Waals surface area (Å²) in [6, 6.07) is 15.0. The van der Waals surface area contributed by atoms with Crippen LogP contribution in [0.15, 0.2) is 53.5 Å². The van der Waals surface area contributed by atoms with E-state index in [-0.39, 0.29) is 35.5 Å². The van der Waals surface area contributed by atoms with Crippen molar-refractivity contribution in [2.75, 3.05) is 23.2 Å². The first-order valence-electron chi connectivity index (χ1n) is 9.70. The maximum atomic E-state index is 12.6. The number of nitrogens with zero attached hydrogens (tertiary/aromatic N) is 2. The number of benzene rings is 2. The summed E-state index contributed by atoms with van der Waals surface area (Å²) >= 11 is 1.37. The minimum atomic E-state index is -3.11. The predicted octanol–water partition coefficient (Wildman–Crippen LogP) is 2.65. The minimum absolute atomic E-state index is 0.0519. The largest absolute Gasteiger partial charge is 0.454 e. The van der Waals surface area contributed by atoms with Gasteiger partial charge in [-0.05, 0) is 24.1 Å². The highest BCUT2D eigenvalue weighted by Gasteiger charge is 2.49. The lowest BCUT2D eigenvalue weighted by molar-refractivity contribution is -0.117. The lowest BCUT2D eigenvalue weighted by atomic mass is 10.1. The zero-order chi connectivity index (χ0) is 20.7. The highest BCUT2D eigenvalue weighted by atomic mass is 32.2. The number of anilines is 1. The van der Waals surface area contributed by atoms with Gasteiger partial charge in [0.05, 0.1) is 17.5 Å². The van der Waals surface area contributed by atoms with Crippen molar-refractivity contribution in [1.29, 1.82) is 0 Å². The normalized spacial score (nSPS) is 24.9. The van der Waals surface area contributed by atoms with Crippen LogP contribution in [-0.4, -0.2) is 49.1 Å². The van der Waals surface area contributed by atoms with Gasteiger partial charge in [0.2, 0.25) is 12.7 Å². The fourth-order valence-electron chi connectivity index (χ4n) is 3.96. The first-order valence-corrected chi connectivity index (χ1v) is 12.4. The number of ether oxygens (including phenoxy) is 2. The van der Waals surface area contributed by atoms with Crippen molar-refractivity contribution in [2.45, 2.75) is 24.1 Å². The number of amides is 1. The number of amidine groups is 1. The van der Waals surface area contributed by atoms with Gasteiger partial charge >= 0.3 is 0 Å². The van der Waals surface area contributed by atoms with E-state index in [1.165, 1.54) is 11.8 Å². The second kappa shape index (κ2) is 7.63. The molecule has 0 aliphatic carbocycles. The molecule has 2 unspecified atom stereocenters. The summed E-state index contributed by atoms with van der Waals surface area (Å²) in [6.45, 7) is 0.160. The molecule has 2 aromatic carbocycles. The average molecular weight is 445 g/mol. The van der Waals surface area contributed by atoms with Crippen molar-refractivity contribution < 1.29 is 22.7 Å². The SMILES string of the molecule is O=C(CCc1ccccc1)N=C1SC2CS(=O)(=O)CC2N1c1ccc2c(c1)OCO2. The zero-order valence-corrected chi connectivity index (χ0v) is 17.7. The number of fused-ring (bicyclic) bond motifs is 2. The Kier molecular flexibility index (Phi) is 4.94. The maximum Gasteiger partial charge on any atom is 0.248 e. The monoisotopic (exact) mass is 444 g/mol. The lowest BCUT2D eigenvalue weighted by Gasteiger charge is -2.24. The van der Waals surface area contributed by atoms with E-state index in [0.717, 1.165) is 11.3 Å². The summed E-state index contributed by atoms with van der Waals surface area (Å²) in [5.74, 6) is 1.20. The third kappa shape index (κ3) is 3.79. The molecular formula is C21H20N2O5S2. The van der Waals surface area contributed by atoms with Crippen molar-refractivity contribution in [3.05, 3.63) is 54.1 Å². The zero-order valence-electron chi connectivity index (χ0n) is 16.1. The van der Waals surface area contributed by atoms with E-state index in [0.29, 0.717) is 29.5 Å². The molecule has 5 rings (SSSR count). The number of hydrogen-bond acceptors (Lipinski definition) is 6. The third-order valence-corrected chi connectivity index (χ3v) is 8.60. The molecule has 0 aromatic heterocycles. The van der Waals surface area contributed by atoms with Crippen LogP contribution < -0.4 is 14.4 Å². The predicted molar refractivity (Wildman–Crippen MR) is 116 cm³/mol. The molecule has 0 saturated carbocycles. The van der Waals surface area contributed by atoms with Crippen LogP contribution in [-0.2, 0) is 21.1 Å². The molecule has 30 heavy (non-hydrogen) atoms. The van der Waals surface area contributed by atoms with Gasteiger partial charge in [-0.15, -0.1) is 0 Å². The van der Waals surface area contributed by atoms with E-state index in [1.54, 1.807) is 6.07 Å². The topological polar surface area (TPSA) is 85.3 Å². The molecular weight excluding hydrogens is 424 g/mol. The molecule has 2 saturated heterocycles. The van der Waals surface area contributed by atoms with Gasteiger partial charge in [0.25, 0.3) is 0 Å². The Morgan fingerprint density at radius 2 is 1.90 bits per heavy atom. The molecule has 0 spiro atoms. The van der Waals surface area contributed by atoms with Crippen molar-refractivity contribution in [1.82, 2.24) is 0 Å². The fourth-order valence-corrected chi connectivity index (χ4v) is 7.89. The van der Waals surface area contributed by atoms with Gasteiger partial charge in [-0.2, -0.15) is 4.99 Å². The molecule has 0 N–H and O–H groups in total. The first-order chi connectivity index (χ1) is 14.5. The highest BCUT2D eigenvalue weighted by molar-refractivity contribution is 8.16. The number of aliphatic imine (C=N–C) groups is 1. The van der Waals surface area contributed by atoms with Crippen LogP contribution in [0.3, 0.4) is 0 Å². The molecule has 3 heterocycles. The van der Waals surface area contributed by atoms with Crippen molar-refractivity contribution >= 4 is 38.4 Å². The smallest absolute Gasteiger partial charge is 0.248 e. The van der Waals surface area contributed by atoms with E-state index < -0.39 is 9.84 Å². The number of sulfone groups is 1. The standard InChI is InChI=1S/C21H20N2O5S2/c24-20(9-6-14-4-2-1-3-5-14)22-21-23(16-11-30(25,26)12-19(16)29-21)15-7-8-17-18(10-15)28-13-27-17/h1-5,7-8,10,16,19H,6,9,11-13H2. The van der Waals surface area contributed by atoms with Crippen LogP contribution in [0.25, 0.3) is 0 Å². The van der Waals surface area contributed by atoms with Crippen LogP contribution in [0.4, 0.5) is 5.69 Å². The summed E-state index contributed by atoms with van der Waals surface area (Å²) in [4.78, 5) is 18.8. The average Bonchev–Trinajstić information content (AvgIpc) is 3.38. The van der Waals surface area contributed by atoms with Gasteiger partial charge in [0.1, 0.15) is 0 Å². The Labute approximate surface area is 179 Å². The molecule has 156 valence electrons. The Morgan fingerprint density at radius 3 is 2.73 bits per heavy atom. The van der Waals surface area contributed by atoms with Crippen LogP contribution in [0.2, 0.25) is 0 Å². The molecule has 2 atom stereocenters. The Balaban J connectivity index is 1.41. The minimum Gasteiger partial charge on any atom is -0.454 e. The molecule has 9 heteroatoms. The van der Waals surface area contributed by atoms with E-state index in [2.05, 4.69) is 4.99 Å². The van der Waals surface area contributed by atoms with E-state index in [4.69, 9.17) is 9.47 Å². The van der Waals surface area contributed by atoms with Gasteiger partial charge in [0.15, 0.2) is 26.5 Å². The number of thioether (sulfide) groups is 1. The lowest BCUT2D eigenvalue weighted by Crippen LogP contribution is -2.37. The summed E-state index contributed by atoms with van der Waals surface area (Å²) in [5.41, 5.74) is 1.84. The Bertz CT molecular complexity index is 1120. The number of carbonyl (C=O) groups is 1. The van der Waals surface area contributed by atoms with Gasteiger partial charge < -0.3 is 14.4 Å². The van der Waals surface area contributed by atoms with Crippen molar-refractivity contribution in [3.8, 4) is 11.5 Å². The summed E-state index contributed by atoms with van der Waals surface area (Å²) in [7, 11) is -3.11. The summed E-state index contributed by atoms with van der Waals surface area (Å²) in [5, 5.41) is 0.415. The maximum absolute atomic E-state index is 12.6. The van der Waals surface area contributed by atoms with Crippen molar-refractivity contribution in [2.24, 2.45) is 4.99 Å². The van der Waals surface area contributed by atoms with Gasteiger partial charge in [-0.25, -0.2) is 8.42 Å². The quantitative estimate of drug-likeness (QED) is 0.717. The summed E-state index contributed by atoms with van der Waals surface area (Å²) < 4.78 is 35.3. The Hall–Kier alpha value is -2.52. The molecule has 2 fully saturated rings. The Morgan fingerprint density at radius 1 is 1.10 bits per heavy atom. The number of hydrogen-bond donors (Lipinski definition) is 0. The van der Waals surface area contributed by atoms with Crippen LogP contribution in [0.5, 0.6) is 11.5 Å². The second-order valence-corrected chi connectivity index (χ2v) is 10.8. The molecule has 0 bridgehead atoms. The number of carbonyl (C=O) groups excluding carboxylic acids is 1. The van der Waals surface area contributed by atoms with Gasteiger partial charge in [0, 0.05) is 23.4 Å². The molecule has 1 amide bonds. The van der Waals surface area contributed by atoms with E-state index in [1.807, 2.05) is 47.4 Å². The molecule has 3 aliphatic rings. The van der Waals surface area contributed by atoms with E-state index >= 15 is 0 Å². The molecule has 3 aliphatic heterocycles.